The molecule has 0 aliphatic carbocycles. The first-order valence-electron chi connectivity index (χ1n) is 10.4. The summed E-state index contributed by atoms with van der Waals surface area (Å²) in [6, 6.07) is 23.2. The predicted molar refractivity (Wildman–Crippen MR) is 131 cm³/mol. The minimum atomic E-state index is -0.238. The summed E-state index contributed by atoms with van der Waals surface area (Å²) in [6.45, 7) is 5.57. The largest absolute Gasteiger partial charge is 0.361 e. The second-order valence-corrected chi connectivity index (χ2v) is 8.44. The number of aromatic amines is 1. The van der Waals surface area contributed by atoms with E-state index in [0.717, 1.165) is 22.3 Å². The van der Waals surface area contributed by atoms with Gasteiger partial charge in [-0.15, -0.1) is 0 Å². The summed E-state index contributed by atoms with van der Waals surface area (Å²) in [5, 5.41) is 5.18. The van der Waals surface area contributed by atoms with E-state index in [1.165, 1.54) is 23.1 Å². The number of hydrogen-bond acceptors (Lipinski definition) is 1. The summed E-state index contributed by atoms with van der Waals surface area (Å²) in [7, 11) is 0. The SMILES string of the molecule is CC(C)c1ccc(NC(=S)N(Cc2ccc(F)cc2)Cc2c[nH]c3ccccc23)cc1. The molecule has 0 radical (unpaired) electrons. The first-order chi connectivity index (χ1) is 15.0. The van der Waals surface area contributed by atoms with Crippen molar-refractivity contribution >= 4 is 33.9 Å². The number of nitrogens with one attached hydrogen (secondary N) is 2. The molecule has 5 heteroatoms. The smallest absolute Gasteiger partial charge is 0.174 e. The van der Waals surface area contributed by atoms with Crippen molar-refractivity contribution in [3.63, 3.8) is 0 Å². The third-order valence-corrected chi connectivity index (χ3v) is 5.80. The molecule has 4 aromatic rings. The van der Waals surface area contributed by atoms with E-state index in [0.29, 0.717) is 24.1 Å². The van der Waals surface area contributed by atoms with Crippen LogP contribution in [0.2, 0.25) is 0 Å². The molecule has 0 aliphatic rings. The lowest BCUT2D eigenvalue weighted by molar-refractivity contribution is 0.414. The fourth-order valence-corrected chi connectivity index (χ4v) is 3.88. The fourth-order valence-electron chi connectivity index (χ4n) is 3.63. The summed E-state index contributed by atoms with van der Waals surface area (Å²) < 4.78 is 13.4. The van der Waals surface area contributed by atoms with Crippen LogP contribution < -0.4 is 5.32 Å². The molecule has 3 nitrogen and oxygen atoms in total. The molecule has 0 amide bonds. The highest BCUT2D eigenvalue weighted by Gasteiger charge is 2.14. The van der Waals surface area contributed by atoms with Crippen LogP contribution in [-0.2, 0) is 13.1 Å². The van der Waals surface area contributed by atoms with Crippen LogP contribution in [0.3, 0.4) is 0 Å². The molecule has 0 fully saturated rings. The maximum atomic E-state index is 13.4. The first-order valence-corrected chi connectivity index (χ1v) is 10.9. The van der Waals surface area contributed by atoms with Gasteiger partial charge in [-0.1, -0.05) is 56.3 Å². The van der Waals surface area contributed by atoms with Crippen LogP contribution in [0.4, 0.5) is 10.1 Å². The maximum Gasteiger partial charge on any atom is 0.174 e. The van der Waals surface area contributed by atoms with E-state index in [1.54, 1.807) is 12.1 Å². The minimum absolute atomic E-state index is 0.238. The zero-order valence-electron chi connectivity index (χ0n) is 17.7. The second kappa shape index (κ2) is 9.31. The number of para-hydroxylation sites is 1. The van der Waals surface area contributed by atoms with E-state index in [-0.39, 0.29) is 5.82 Å². The number of aromatic nitrogens is 1. The number of hydrogen-bond donors (Lipinski definition) is 2. The molecule has 31 heavy (non-hydrogen) atoms. The molecule has 4 rings (SSSR count). The predicted octanol–water partition coefficient (Wildman–Crippen LogP) is 6.83. The Labute approximate surface area is 187 Å². The number of fused-ring (bicyclic) bond motifs is 1. The number of nitrogens with zero attached hydrogens (tertiary/aromatic N) is 1. The van der Waals surface area contributed by atoms with E-state index in [2.05, 4.69) is 65.4 Å². The second-order valence-electron chi connectivity index (χ2n) is 8.05. The molecule has 1 heterocycles. The van der Waals surface area contributed by atoms with E-state index in [4.69, 9.17) is 12.2 Å². The van der Waals surface area contributed by atoms with E-state index in [9.17, 15) is 4.39 Å². The zero-order valence-corrected chi connectivity index (χ0v) is 18.5. The lowest BCUT2D eigenvalue weighted by Crippen LogP contribution is -2.33. The fraction of sp³-hybridized carbons (Fsp3) is 0.192. The standard InChI is InChI=1S/C26H26FN3S/c1-18(2)20-9-13-23(14-10-20)29-26(31)30(16-19-7-11-22(27)12-8-19)17-21-15-28-25-6-4-3-5-24(21)25/h3-15,18,28H,16-17H2,1-2H3,(H,29,31). The van der Waals surface area contributed by atoms with Gasteiger partial charge in [0.2, 0.25) is 0 Å². The molecular formula is C26H26FN3S. The van der Waals surface area contributed by atoms with Crippen LogP contribution in [-0.4, -0.2) is 15.0 Å². The average molecular weight is 432 g/mol. The van der Waals surface area contributed by atoms with E-state index < -0.39 is 0 Å². The number of halogens is 1. The van der Waals surface area contributed by atoms with Crippen molar-refractivity contribution in [2.45, 2.75) is 32.9 Å². The molecule has 0 bridgehead atoms. The van der Waals surface area contributed by atoms with Crippen molar-refractivity contribution in [1.82, 2.24) is 9.88 Å². The number of thiocarbonyl (C=S) groups is 1. The van der Waals surface area contributed by atoms with Crippen molar-refractivity contribution in [1.29, 1.82) is 0 Å². The van der Waals surface area contributed by atoms with E-state index in [1.807, 2.05) is 18.3 Å². The van der Waals surface area contributed by atoms with Gasteiger partial charge >= 0.3 is 0 Å². The zero-order chi connectivity index (χ0) is 21.8. The van der Waals surface area contributed by atoms with Crippen molar-refractivity contribution in [3.05, 3.63) is 102 Å². The van der Waals surface area contributed by atoms with Crippen LogP contribution in [0.25, 0.3) is 10.9 Å². The van der Waals surface area contributed by atoms with Crippen LogP contribution in [0.1, 0.15) is 36.5 Å². The Morgan fingerprint density at radius 2 is 1.68 bits per heavy atom. The first kappa shape index (κ1) is 21.1. The Balaban J connectivity index is 1.57. The summed E-state index contributed by atoms with van der Waals surface area (Å²) in [6.07, 6.45) is 2.03. The molecule has 0 saturated heterocycles. The van der Waals surface area contributed by atoms with Gasteiger partial charge in [0.1, 0.15) is 5.82 Å². The van der Waals surface area contributed by atoms with Crippen LogP contribution in [0.15, 0.2) is 79.0 Å². The van der Waals surface area contributed by atoms with Gasteiger partial charge in [-0.2, -0.15) is 0 Å². The molecule has 158 valence electrons. The van der Waals surface area contributed by atoms with Gasteiger partial charge in [0.25, 0.3) is 0 Å². The minimum Gasteiger partial charge on any atom is -0.361 e. The summed E-state index contributed by atoms with van der Waals surface area (Å²) in [5.74, 6) is 0.246. The van der Waals surface area contributed by atoms with Gasteiger partial charge in [0, 0.05) is 35.9 Å². The Hall–Kier alpha value is -3.18. The third-order valence-electron chi connectivity index (χ3n) is 5.44. The highest BCUT2D eigenvalue weighted by atomic mass is 32.1. The quantitative estimate of drug-likeness (QED) is 0.328. The molecular weight excluding hydrogens is 405 g/mol. The number of H-pyrrole nitrogens is 1. The number of anilines is 1. The lowest BCUT2D eigenvalue weighted by atomic mass is 10.0. The van der Waals surface area contributed by atoms with Gasteiger partial charge in [0.15, 0.2) is 5.11 Å². The molecule has 0 atom stereocenters. The summed E-state index contributed by atoms with van der Waals surface area (Å²) in [4.78, 5) is 5.44. The monoisotopic (exact) mass is 431 g/mol. The van der Waals surface area contributed by atoms with Gasteiger partial charge in [-0.25, -0.2) is 4.39 Å². The van der Waals surface area contributed by atoms with Crippen molar-refractivity contribution < 1.29 is 4.39 Å². The highest BCUT2D eigenvalue weighted by molar-refractivity contribution is 7.80. The van der Waals surface area contributed by atoms with Gasteiger partial charge < -0.3 is 15.2 Å². The molecule has 0 aliphatic heterocycles. The van der Waals surface area contributed by atoms with Crippen LogP contribution in [0.5, 0.6) is 0 Å². The van der Waals surface area contributed by atoms with E-state index >= 15 is 0 Å². The number of rotatable bonds is 6. The highest BCUT2D eigenvalue weighted by Crippen LogP contribution is 2.22. The Bertz CT molecular complexity index is 1160. The molecule has 3 aromatic carbocycles. The molecule has 1 aromatic heterocycles. The molecule has 0 saturated carbocycles. The topological polar surface area (TPSA) is 31.1 Å². The Kier molecular flexibility index (Phi) is 6.33. The average Bonchev–Trinajstić information content (AvgIpc) is 3.18. The van der Waals surface area contributed by atoms with Crippen molar-refractivity contribution in [3.8, 4) is 0 Å². The molecule has 0 spiro atoms. The Morgan fingerprint density at radius 1 is 0.968 bits per heavy atom. The Morgan fingerprint density at radius 3 is 2.39 bits per heavy atom. The van der Waals surface area contributed by atoms with Gasteiger partial charge in [-0.05, 0) is 65.2 Å². The molecule has 2 N–H and O–H groups in total. The molecule has 0 unspecified atom stereocenters. The van der Waals surface area contributed by atoms with Gasteiger partial charge in [-0.3, -0.25) is 0 Å². The summed E-state index contributed by atoms with van der Waals surface area (Å²) in [5.41, 5.74) is 5.51. The number of benzene rings is 3. The van der Waals surface area contributed by atoms with Crippen LogP contribution >= 0.6 is 12.2 Å². The maximum absolute atomic E-state index is 13.4. The van der Waals surface area contributed by atoms with Gasteiger partial charge in [0.05, 0.1) is 0 Å². The normalized spacial score (nSPS) is 11.1. The summed E-state index contributed by atoms with van der Waals surface area (Å²) >= 11 is 5.79. The lowest BCUT2D eigenvalue weighted by Gasteiger charge is -2.26. The van der Waals surface area contributed by atoms with Crippen molar-refractivity contribution in [2.75, 3.05) is 5.32 Å². The third kappa shape index (κ3) is 5.12. The van der Waals surface area contributed by atoms with Crippen LogP contribution in [0, 0.1) is 5.82 Å². The van der Waals surface area contributed by atoms with Crippen molar-refractivity contribution in [2.24, 2.45) is 0 Å².